The molecule has 1 aliphatic carbocycles. The minimum atomic E-state index is 0.135. The molecule has 2 aromatic heterocycles. The lowest BCUT2D eigenvalue weighted by Crippen LogP contribution is -2.36. The Bertz CT molecular complexity index is 630. The van der Waals surface area contributed by atoms with E-state index in [0.29, 0.717) is 6.04 Å². The fourth-order valence-corrected chi connectivity index (χ4v) is 3.67. The first kappa shape index (κ1) is 13.6. The minimum Gasteiger partial charge on any atom is -0.313 e. The van der Waals surface area contributed by atoms with Gasteiger partial charge in [-0.25, -0.2) is 0 Å². The van der Waals surface area contributed by atoms with Crippen LogP contribution >= 0.6 is 11.3 Å². The van der Waals surface area contributed by atoms with E-state index in [4.69, 9.17) is 0 Å². The van der Waals surface area contributed by atoms with Gasteiger partial charge in [-0.2, -0.15) is 11.3 Å². The van der Waals surface area contributed by atoms with E-state index < -0.39 is 0 Å². The van der Waals surface area contributed by atoms with Crippen molar-refractivity contribution in [3.05, 3.63) is 56.1 Å². The summed E-state index contributed by atoms with van der Waals surface area (Å²) in [5.74, 6) is 0. The van der Waals surface area contributed by atoms with E-state index in [2.05, 4.69) is 22.1 Å². The largest absolute Gasteiger partial charge is 0.313 e. The van der Waals surface area contributed by atoms with Crippen LogP contribution in [0.25, 0.3) is 0 Å². The van der Waals surface area contributed by atoms with Crippen molar-refractivity contribution in [1.29, 1.82) is 0 Å². The first-order valence-electron chi connectivity index (χ1n) is 7.24. The second-order valence-electron chi connectivity index (χ2n) is 5.34. The summed E-state index contributed by atoms with van der Waals surface area (Å²) >= 11 is 1.74. The molecule has 0 radical (unpaired) electrons. The fourth-order valence-electron chi connectivity index (χ4n) is 3.00. The van der Waals surface area contributed by atoms with E-state index in [-0.39, 0.29) is 5.56 Å². The Kier molecular flexibility index (Phi) is 4.03. The minimum absolute atomic E-state index is 0.135. The molecule has 3 rings (SSSR count). The van der Waals surface area contributed by atoms with E-state index in [9.17, 15) is 4.79 Å². The number of hydrogen-bond donors (Lipinski definition) is 1. The highest BCUT2D eigenvalue weighted by Crippen LogP contribution is 2.20. The first-order chi connectivity index (χ1) is 9.78. The molecular weight excluding hydrogens is 268 g/mol. The van der Waals surface area contributed by atoms with Crippen LogP contribution in [0.3, 0.4) is 0 Å². The standard InChI is InChI=1S/C16H20N2OS/c1-2-18-15-5-4-14(9-13(15)3-6-16(18)19)17-10-12-7-8-20-11-12/h3,6-8,11,14,17H,2,4-5,9-10H2,1H3/t14-/m0/s1. The molecule has 1 N–H and O–H groups in total. The number of aromatic nitrogens is 1. The first-order valence-corrected chi connectivity index (χ1v) is 8.18. The van der Waals surface area contributed by atoms with Crippen molar-refractivity contribution in [3.8, 4) is 0 Å². The molecule has 3 nitrogen and oxygen atoms in total. The monoisotopic (exact) mass is 288 g/mol. The number of hydrogen-bond acceptors (Lipinski definition) is 3. The fraction of sp³-hybridized carbons (Fsp3) is 0.438. The Balaban J connectivity index is 1.71. The van der Waals surface area contributed by atoms with E-state index >= 15 is 0 Å². The number of thiophene rings is 1. The van der Waals surface area contributed by atoms with E-state index in [1.54, 1.807) is 17.4 Å². The smallest absolute Gasteiger partial charge is 0.250 e. The summed E-state index contributed by atoms with van der Waals surface area (Å²) in [6, 6.07) is 6.42. The topological polar surface area (TPSA) is 34.0 Å². The van der Waals surface area contributed by atoms with Crippen LogP contribution in [-0.4, -0.2) is 10.6 Å². The zero-order valence-electron chi connectivity index (χ0n) is 11.8. The molecule has 106 valence electrons. The summed E-state index contributed by atoms with van der Waals surface area (Å²) < 4.78 is 1.92. The maximum atomic E-state index is 11.8. The molecule has 0 amide bonds. The SMILES string of the molecule is CCn1c2c(ccc1=O)C[C@@H](NCc1ccsc1)CC2. The predicted octanol–water partition coefficient (Wildman–Crippen LogP) is 2.58. The molecule has 0 fully saturated rings. The molecule has 4 heteroatoms. The van der Waals surface area contributed by atoms with Gasteiger partial charge in [-0.05, 0) is 54.1 Å². The molecule has 0 unspecified atom stereocenters. The highest BCUT2D eigenvalue weighted by Gasteiger charge is 2.20. The van der Waals surface area contributed by atoms with Crippen molar-refractivity contribution in [2.24, 2.45) is 0 Å². The lowest BCUT2D eigenvalue weighted by Gasteiger charge is -2.27. The van der Waals surface area contributed by atoms with Crippen LogP contribution in [0.4, 0.5) is 0 Å². The van der Waals surface area contributed by atoms with E-state index in [0.717, 1.165) is 32.4 Å². The summed E-state index contributed by atoms with van der Waals surface area (Å²) in [5, 5.41) is 7.95. The lowest BCUT2D eigenvalue weighted by atomic mass is 9.91. The van der Waals surface area contributed by atoms with E-state index in [1.165, 1.54) is 16.8 Å². The number of fused-ring (bicyclic) bond motifs is 1. The van der Waals surface area contributed by atoms with Gasteiger partial charge < -0.3 is 9.88 Å². The van der Waals surface area contributed by atoms with Gasteiger partial charge in [0, 0.05) is 30.9 Å². The molecule has 1 atom stereocenters. The molecule has 0 aromatic carbocycles. The normalized spacial score (nSPS) is 17.9. The van der Waals surface area contributed by atoms with Crippen LogP contribution in [0.1, 0.15) is 30.2 Å². The van der Waals surface area contributed by atoms with Gasteiger partial charge >= 0.3 is 0 Å². The summed E-state index contributed by atoms with van der Waals surface area (Å²) in [6.07, 6.45) is 3.14. The van der Waals surface area contributed by atoms with Crippen molar-refractivity contribution in [2.75, 3.05) is 0 Å². The van der Waals surface area contributed by atoms with Crippen LogP contribution in [0.15, 0.2) is 33.8 Å². The molecular formula is C16H20N2OS. The van der Waals surface area contributed by atoms with Crippen LogP contribution in [0.2, 0.25) is 0 Å². The maximum Gasteiger partial charge on any atom is 0.250 e. The highest BCUT2D eigenvalue weighted by atomic mass is 32.1. The average Bonchev–Trinajstić information content (AvgIpc) is 2.98. The molecule has 0 saturated carbocycles. The highest BCUT2D eigenvalue weighted by molar-refractivity contribution is 7.07. The van der Waals surface area contributed by atoms with Crippen molar-refractivity contribution in [1.82, 2.24) is 9.88 Å². The molecule has 2 aromatic rings. The average molecular weight is 288 g/mol. The molecule has 0 saturated heterocycles. The van der Waals surface area contributed by atoms with Crippen LogP contribution < -0.4 is 10.9 Å². The zero-order chi connectivity index (χ0) is 13.9. The third-order valence-corrected chi connectivity index (χ3v) is 4.81. The van der Waals surface area contributed by atoms with Crippen molar-refractivity contribution >= 4 is 11.3 Å². The molecule has 0 spiro atoms. The molecule has 20 heavy (non-hydrogen) atoms. The van der Waals surface area contributed by atoms with Gasteiger partial charge in [-0.15, -0.1) is 0 Å². The van der Waals surface area contributed by atoms with Crippen LogP contribution in [-0.2, 0) is 25.9 Å². The third-order valence-electron chi connectivity index (χ3n) is 4.08. The van der Waals surface area contributed by atoms with E-state index in [1.807, 2.05) is 17.6 Å². The van der Waals surface area contributed by atoms with Gasteiger partial charge in [-0.1, -0.05) is 6.07 Å². The lowest BCUT2D eigenvalue weighted by molar-refractivity contribution is 0.442. The summed E-state index contributed by atoms with van der Waals surface area (Å²) in [6.45, 7) is 3.76. The number of rotatable bonds is 4. The Morgan fingerprint density at radius 1 is 1.40 bits per heavy atom. The summed E-state index contributed by atoms with van der Waals surface area (Å²) in [7, 11) is 0. The van der Waals surface area contributed by atoms with Crippen LogP contribution in [0, 0.1) is 0 Å². The Labute approximate surface area is 123 Å². The second-order valence-corrected chi connectivity index (χ2v) is 6.12. The van der Waals surface area contributed by atoms with Gasteiger partial charge in [0.1, 0.15) is 0 Å². The number of nitrogens with zero attached hydrogens (tertiary/aromatic N) is 1. The maximum absolute atomic E-state index is 11.8. The Morgan fingerprint density at radius 2 is 2.30 bits per heavy atom. The Hall–Kier alpha value is -1.39. The summed E-state index contributed by atoms with van der Waals surface area (Å²) in [5.41, 5.74) is 4.07. The van der Waals surface area contributed by atoms with Crippen molar-refractivity contribution < 1.29 is 0 Å². The number of nitrogens with one attached hydrogen (secondary N) is 1. The van der Waals surface area contributed by atoms with Gasteiger partial charge in [0.25, 0.3) is 5.56 Å². The van der Waals surface area contributed by atoms with Gasteiger partial charge in [0.15, 0.2) is 0 Å². The molecule has 1 aliphatic rings. The molecule has 0 aliphatic heterocycles. The second kappa shape index (κ2) is 5.94. The molecule has 2 heterocycles. The van der Waals surface area contributed by atoms with Crippen molar-refractivity contribution in [3.63, 3.8) is 0 Å². The van der Waals surface area contributed by atoms with Gasteiger partial charge in [0.05, 0.1) is 0 Å². The van der Waals surface area contributed by atoms with Crippen LogP contribution in [0.5, 0.6) is 0 Å². The van der Waals surface area contributed by atoms with Gasteiger partial charge in [0.2, 0.25) is 0 Å². The summed E-state index contributed by atoms with van der Waals surface area (Å²) in [4.78, 5) is 11.8. The number of pyridine rings is 1. The third kappa shape index (κ3) is 2.72. The predicted molar refractivity (Wildman–Crippen MR) is 83.3 cm³/mol. The van der Waals surface area contributed by atoms with Crippen molar-refractivity contribution in [2.45, 2.75) is 45.3 Å². The van der Waals surface area contributed by atoms with Gasteiger partial charge in [-0.3, -0.25) is 4.79 Å². The Morgan fingerprint density at radius 3 is 3.05 bits per heavy atom. The molecule has 0 bridgehead atoms. The quantitative estimate of drug-likeness (QED) is 0.938. The zero-order valence-corrected chi connectivity index (χ0v) is 12.6.